The van der Waals surface area contributed by atoms with E-state index in [2.05, 4.69) is 80.6 Å². The van der Waals surface area contributed by atoms with Crippen LogP contribution in [0.4, 0.5) is 4.79 Å². The van der Waals surface area contributed by atoms with Crippen molar-refractivity contribution >= 4 is 6.09 Å². The average molecular weight is 468 g/mol. The molecule has 4 nitrogen and oxygen atoms in total. The van der Waals surface area contributed by atoms with Gasteiger partial charge in [-0.1, -0.05) is 66.7 Å². The summed E-state index contributed by atoms with van der Waals surface area (Å²) in [7, 11) is 0. The number of hydrogen-bond donors (Lipinski definition) is 1. The number of ether oxygens (including phenoxy) is 1. The van der Waals surface area contributed by atoms with Crippen molar-refractivity contribution in [2.24, 2.45) is 0 Å². The standard InChI is InChI=1S/C31H33NO3/c1-20-8-7-9-22(21(20)2)16-31(34)17-23-14-15-24(18-31)32(23)30(33)35-19-29-27-12-5-3-10-25(27)26-11-4-6-13-28(26)29/h3-13,23-24,29,34H,14-19H2,1-2H3. The van der Waals surface area contributed by atoms with Crippen LogP contribution < -0.4 is 0 Å². The molecule has 2 bridgehead atoms. The van der Waals surface area contributed by atoms with Crippen molar-refractivity contribution in [3.05, 3.63) is 94.5 Å². The summed E-state index contributed by atoms with van der Waals surface area (Å²) in [4.78, 5) is 15.3. The molecule has 2 fully saturated rings. The van der Waals surface area contributed by atoms with Crippen molar-refractivity contribution in [1.29, 1.82) is 0 Å². The van der Waals surface area contributed by atoms with Gasteiger partial charge in [0.1, 0.15) is 6.61 Å². The van der Waals surface area contributed by atoms with Gasteiger partial charge in [-0.05, 0) is 78.5 Å². The maximum absolute atomic E-state index is 13.3. The molecule has 1 N–H and O–H groups in total. The molecule has 2 heterocycles. The second-order valence-corrected chi connectivity index (χ2v) is 10.8. The number of benzene rings is 3. The van der Waals surface area contributed by atoms with Crippen LogP contribution in [-0.2, 0) is 11.2 Å². The highest BCUT2D eigenvalue weighted by atomic mass is 16.6. The van der Waals surface area contributed by atoms with Crippen LogP contribution in [0, 0.1) is 13.8 Å². The number of fused-ring (bicyclic) bond motifs is 5. The lowest BCUT2D eigenvalue weighted by Gasteiger charge is -2.43. The lowest BCUT2D eigenvalue weighted by Crippen LogP contribution is -2.54. The first-order valence-electron chi connectivity index (χ1n) is 12.8. The molecule has 6 rings (SSSR count). The van der Waals surface area contributed by atoms with E-state index in [1.54, 1.807) is 0 Å². The Morgan fingerprint density at radius 3 is 2.14 bits per heavy atom. The number of piperidine rings is 1. The maximum atomic E-state index is 13.3. The van der Waals surface area contributed by atoms with Gasteiger partial charge in [0.2, 0.25) is 0 Å². The normalized spacial score (nSPS) is 24.8. The van der Waals surface area contributed by atoms with E-state index < -0.39 is 5.60 Å². The molecule has 2 atom stereocenters. The predicted molar refractivity (Wildman–Crippen MR) is 138 cm³/mol. The quantitative estimate of drug-likeness (QED) is 0.500. The topological polar surface area (TPSA) is 49.8 Å². The van der Waals surface area contributed by atoms with Crippen molar-refractivity contribution in [2.45, 2.75) is 69.6 Å². The lowest BCUT2D eigenvalue weighted by molar-refractivity contribution is -0.0480. The summed E-state index contributed by atoms with van der Waals surface area (Å²) < 4.78 is 5.99. The number of nitrogens with zero attached hydrogens (tertiary/aromatic N) is 1. The molecule has 35 heavy (non-hydrogen) atoms. The predicted octanol–water partition coefficient (Wildman–Crippen LogP) is 6.15. The third-order valence-electron chi connectivity index (χ3n) is 8.63. The number of amides is 1. The second-order valence-electron chi connectivity index (χ2n) is 10.8. The van der Waals surface area contributed by atoms with Gasteiger partial charge in [-0.25, -0.2) is 4.79 Å². The van der Waals surface area contributed by atoms with Gasteiger partial charge >= 0.3 is 6.09 Å². The summed E-state index contributed by atoms with van der Waals surface area (Å²) in [6.07, 6.45) is 3.51. The van der Waals surface area contributed by atoms with E-state index in [1.165, 1.54) is 38.9 Å². The lowest BCUT2D eigenvalue weighted by atomic mass is 9.80. The fourth-order valence-corrected chi connectivity index (χ4v) is 6.79. The van der Waals surface area contributed by atoms with Gasteiger partial charge in [-0.2, -0.15) is 0 Å². The number of carbonyl (C=O) groups is 1. The van der Waals surface area contributed by atoms with Gasteiger partial charge in [0.25, 0.3) is 0 Å². The van der Waals surface area contributed by atoms with Crippen LogP contribution in [0.2, 0.25) is 0 Å². The van der Waals surface area contributed by atoms with E-state index >= 15 is 0 Å². The minimum absolute atomic E-state index is 0.0412. The van der Waals surface area contributed by atoms with Crippen LogP contribution in [-0.4, -0.2) is 40.4 Å². The van der Waals surface area contributed by atoms with E-state index in [0.717, 1.165) is 12.8 Å². The Morgan fingerprint density at radius 1 is 0.914 bits per heavy atom. The zero-order chi connectivity index (χ0) is 24.2. The molecule has 180 valence electrons. The third kappa shape index (κ3) is 3.84. The van der Waals surface area contributed by atoms with Crippen LogP contribution in [0.15, 0.2) is 66.7 Å². The molecule has 3 aliphatic rings. The van der Waals surface area contributed by atoms with Crippen LogP contribution in [0.25, 0.3) is 11.1 Å². The first-order valence-corrected chi connectivity index (χ1v) is 12.8. The Hall–Kier alpha value is -3.11. The number of aliphatic hydroxyl groups is 1. The molecule has 1 amide bonds. The molecule has 4 heteroatoms. The van der Waals surface area contributed by atoms with Crippen molar-refractivity contribution < 1.29 is 14.6 Å². The highest BCUT2D eigenvalue weighted by molar-refractivity contribution is 5.79. The molecule has 3 aromatic rings. The Kier molecular flexibility index (Phi) is 5.45. The number of rotatable bonds is 4. The SMILES string of the molecule is Cc1cccc(CC2(O)CC3CCC(C2)N3C(=O)OCC2c3ccccc3-c3ccccc32)c1C. The van der Waals surface area contributed by atoms with Gasteiger partial charge in [-0.15, -0.1) is 0 Å². The van der Waals surface area contributed by atoms with Gasteiger partial charge in [0, 0.05) is 24.4 Å². The highest BCUT2D eigenvalue weighted by Gasteiger charge is 2.50. The minimum Gasteiger partial charge on any atom is -0.448 e. The molecule has 2 aliphatic heterocycles. The van der Waals surface area contributed by atoms with Crippen LogP contribution >= 0.6 is 0 Å². The smallest absolute Gasteiger partial charge is 0.410 e. The Labute approximate surface area is 207 Å². The van der Waals surface area contributed by atoms with Crippen molar-refractivity contribution in [3.8, 4) is 11.1 Å². The molecule has 2 saturated heterocycles. The summed E-state index contributed by atoms with van der Waals surface area (Å²) in [6, 6.07) is 23.2. The molecule has 0 aromatic heterocycles. The largest absolute Gasteiger partial charge is 0.448 e. The highest BCUT2D eigenvalue weighted by Crippen LogP contribution is 2.46. The summed E-state index contributed by atoms with van der Waals surface area (Å²) in [5.41, 5.74) is 7.87. The third-order valence-corrected chi connectivity index (χ3v) is 8.63. The van der Waals surface area contributed by atoms with E-state index in [1.807, 2.05) is 4.90 Å². The van der Waals surface area contributed by atoms with Gasteiger partial charge in [0.05, 0.1) is 5.60 Å². The Balaban J connectivity index is 1.16. The number of aryl methyl sites for hydroxylation is 1. The second kappa shape index (κ2) is 8.53. The van der Waals surface area contributed by atoms with Gasteiger partial charge < -0.3 is 14.7 Å². The molecule has 0 spiro atoms. The Bertz CT molecular complexity index is 1220. The fourth-order valence-electron chi connectivity index (χ4n) is 6.79. The van der Waals surface area contributed by atoms with Crippen LogP contribution in [0.5, 0.6) is 0 Å². The molecule has 0 radical (unpaired) electrons. The molecule has 0 saturated carbocycles. The first-order chi connectivity index (χ1) is 16.9. The molecule has 3 aromatic carbocycles. The number of carbonyl (C=O) groups excluding carboxylic acids is 1. The summed E-state index contributed by atoms with van der Waals surface area (Å²) >= 11 is 0. The molecular weight excluding hydrogens is 434 g/mol. The minimum atomic E-state index is -0.773. The summed E-state index contributed by atoms with van der Waals surface area (Å²) in [6.45, 7) is 4.59. The average Bonchev–Trinajstić information content (AvgIpc) is 3.33. The van der Waals surface area contributed by atoms with Crippen LogP contribution in [0.1, 0.15) is 59.4 Å². The number of hydrogen-bond acceptors (Lipinski definition) is 3. The van der Waals surface area contributed by atoms with Crippen LogP contribution in [0.3, 0.4) is 0 Å². The molecular formula is C31H33NO3. The first kappa shape index (κ1) is 22.4. The maximum Gasteiger partial charge on any atom is 0.410 e. The molecule has 2 unspecified atom stereocenters. The Morgan fingerprint density at radius 2 is 1.51 bits per heavy atom. The van der Waals surface area contributed by atoms with E-state index in [-0.39, 0.29) is 24.1 Å². The van der Waals surface area contributed by atoms with E-state index in [9.17, 15) is 9.90 Å². The van der Waals surface area contributed by atoms with Gasteiger partial charge in [-0.3, -0.25) is 0 Å². The van der Waals surface area contributed by atoms with Gasteiger partial charge in [0.15, 0.2) is 0 Å². The van der Waals surface area contributed by atoms with Crippen molar-refractivity contribution in [1.82, 2.24) is 4.90 Å². The van der Waals surface area contributed by atoms with E-state index in [0.29, 0.717) is 25.9 Å². The monoisotopic (exact) mass is 467 g/mol. The fraction of sp³-hybridized carbons (Fsp3) is 0.387. The zero-order valence-corrected chi connectivity index (χ0v) is 20.5. The summed E-state index contributed by atoms with van der Waals surface area (Å²) in [5.74, 6) is 0.0648. The summed E-state index contributed by atoms with van der Waals surface area (Å²) in [5, 5.41) is 11.6. The van der Waals surface area contributed by atoms with Crippen molar-refractivity contribution in [2.75, 3.05) is 6.61 Å². The molecule has 1 aliphatic carbocycles. The zero-order valence-electron chi connectivity index (χ0n) is 20.5. The van der Waals surface area contributed by atoms with Crippen molar-refractivity contribution in [3.63, 3.8) is 0 Å². The van der Waals surface area contributed by atoms with E-state index in [4.69, 9.17) is 4.74 Å².